The maximum absolute atomic E-state index is 2.64. The molecule has 0 spiro atoms. The average Bonchev–Trinajstić information content (AvgIpc) is 2.47. The topological polar surface area (TPSA) is 6.48 Å². The zero-order valence-corrected chi connectivity index (χ0v) is 15.4. The Morgan fingerprint density at radius 1 is 0.550 bits per heavy atom. The third-order valence-electron chi connectivity index (χ3n) is 3.63. The van der Waals surface area contributed by atoms with E-state index in [1.165, 1.54) is 77.7 Å². The van der Waals surface area contributed by atoms with Crippen LogP contribution in [0.4, 0.5) is 0 Å². The van der Waals surface area contributed by atoms with E-state index in [1.54, 1.807) is 0 Å². The van der Waals surface area contributed by atoms with Gasteiger partial charge in [0.05, 0.1) is 0 Å². The molecular weight excluding hydrogens is 244 g/mol. The summed E-state index contributed by atoms with van der Waals surface area (Å²) in [7, 11) is 2.14. The molecule has 0 unspecified atom stereocenters. The molecule has 0 N–H and O–H groups in total. The highest BCUT2D eigenvalue weighted by molar-refractivity contribution is 4.57. The van der Waals surface area contributed by atoms with Crippen molar-refractivity contribution in [3.8, 4) is 0 Å². The van der Waals surface area contributed by atoms with E-state index in [4.69, 9.17) is 0 Å². The average molecular weight is 287 g/mol. The van der Waals surface area contributed by atoms with Gasteiger partial charge in [0.2, 0.25) is 0 Å². The van der Waals surface area contributed by atoms with Crippen LogP contribution in [0.25, 0.3) is 0 Å². The minimum absolute atomic E-state index is 1.17. The molecule has 0 saturated carbocycles. The van der Waals surface area contributed by atoms with Gasteiger partial charge in [-0.15, -0.1) is 0 Å². The Balaban J connectivity index is 0. The molecule has 0 heterocycles. The summed E-state index contributed by atoms with van der Waals surface area (Å²) in [6, 6.07) is 0. The molecule has 0 amide bonds. The SMILES string of the molecule is CCCCN(CCCC)CCCC.CCCN(C)CC. The zero-order valence-electron chi connectivity index (χ0n) is 15.4. The summed E-state index contributed by atoms with van der Waals surface area (Å²) in [4.78, 5) is 4.94. The van der Waals surface area contributed by atoms with Crippen molar-refractivity contribution in [2.24, 2.45) is 0 Å². The minimum Gasteiger partial charge on any atom is -0.307 e. The Bertz CT molecular complexity index is 140. The van der Waals surface area contributed by atoms with E-state index in [0.717, 1.165) is 0 Å². The van der Waals surface area contributed by atoms with Crippen molar-refractivity contribution >= 4 is 0 Å². The van der Waals surface area contributed by atoms with Gasteiger partial charge in [0, 0.05) is 0 Å². The Morgan fingerprint density at radius 2 is 0.950 bits per heavy atom. The molecule has 2 nitrogen and oxygen atoms in total. The Kier molecular flexibility index (Phi) is 21.0. The van der Waals surface area contributed by atoms with Gasteiger partial charge >= 0.3 is 0 Å². The summed E-state index contributed by atoms with van der Waals surface area (Å²) in [6.45, 7) is 17.6. The molecule has 124 valence electrons. The van der Waals surface area contributed by atoms with Crippen molar-refractivity contribution in [3.05, 3.63) is 0 Å². The van der Waals surface area contributed by atoms with E-state index < -0.39 is 0 Å². The standard InChI is InChI=1S/C12H27N.C6H15N/c1-4-7-10-13(11-8-5-2)12-9-6-3;1-4-6-7(3)5-2/h4-12H2,1-3H3;4-6H2,1-3H3. The third-order valence-corrected chi connectivity index (χ3v) is 3.63. The first-order valence-electron chi connectivity index (χ1n) is 9.06. The van der Waals surface area contributed by atoms with Crippen LogP contribution in [0.2, 0.25) is 0 Å². The minimum atomic E-state index is 1.17. The predicted molar refractivity (Wildman–Crippen MR) is 94.6 cm³/mol. The van der Waals surface area contributed by atoms with Crippen molar-refractivity contribution < 1.29 is 0 Å². The lowest BCUT2D eigenvalue weighted by atomic mass is 10.2. The van der Waals surface area contributed by atoms with E-state index in [1.807, 2.05) is 0 Å². The van der Waals surface area contributed by atoms with Gasteiger partial charge in [0.1, 0.15) is 0 Å². The number of rotatable bonds is 12. The molecule has 0 fully saturated rings. The second-order valence-electron chi connectivity index (χ2n) is 5.80. The Labute approximate surface area is 129 Å². The lowest BCUT2D eigenvalue weighted by molar-refractivity contribution is 0.261. The second-order valence-corrected chi connectivity index (χ2v) is 5.80. The summed E-state index contributed by atoms with van der Waals surface area (Å²) in [5.74, 6) is 0. The first kappa shape index (κ1) is 22.2. The van der Waals surface area contributed by atoms with Gasteiger partial charge < -0.3 is 9.80 Å². The molecule has 0 atom stereocenters. The molecule has 0 rings (SSSR count). The molecule has 0 aliphatic rings. The predicted octanol–water partition coefficient (Wildman–Crippen LogP) is 5.04. The van der Waals surface area contributed by atoms with Crippen LogP contribution >= 0.6 is 0 Å². The van der Waals surface area contributed by atoms with Crippen LogP contribution in [0.3, 0.4) is 0 Å². The van der Waals surface area contributed by atoms with E-state index in [0.29, 0.717) is 0 Å². The van der Waals surface area contributed by atoms with Crippen LogP contribution in [0.5, 0.6) is 0 Å². The van der Waals surface area contributed by atoms with Crippen molar-refractivity contribution in [3.63, 3.8) is 0 Å². The van der Waals surface area contributed by atoms with Gasteiger partial charge in [-0.1, -0.05) is 53.9 Å². The van der Waals surface area contributed by atoms with Gasteiger partial charge in [-0.2, -0.15) is 0 Å². The van der Waals surface area contributed by atoms with Crippen molar-refractivity contribution in [1.82, 2.24) is 9.80 Å². The smallest absolute Gasteiger partial charge is 0.00188 e. The van der Waals surface area contributed by atoms with Crippen LogP contribution in [-0.2, 0) is 0 Å². The van der Waals surface area contributed by atoms with Crippen LogP contribution < -0.4 is 0 Å². The molecule has 0 aromatic carbocycles. The normalized spacial score (nSPS) is 10.8. The molecule has 0 aliphatic carbocycles. The highest BCUT2D eigenvalue weighted by Crippen LogP contribution is 2.01. The molecule has 0 aliphatic heterocycles. The summed E-state index contributed by atoms with van der Waals surface area (Å²) in [6.07, 6.45) is 9.36. The number of nitrogens with zero attached hydrogens (tertiary/aromatic N) is 2. The lowest BCUT2D eigenvalue weighted by Gasteiger charge is -2.21. The first-order valence-corrected chi connectivity index (χ1v) is 9.06. The van der Waals surface area contributed by atoms with E-state index in [2.05, 4.69) is 51.5 Å². The highest BCUT2D eigenvalue weighted by Gasteiger charge is 2.01. The van der Waals surface area contributed by atoms with E-state index in [-0.39, 0.29) is 0 Å². The van der Waals surface area contributed by atoms with E-state index in [9.17, 15) is 0 Å². The van der Waals surface area contributed by atoms with Crippen LogP contribution in [0, 0.1) is 0 Å². The summed E-state index contributed by atoms with van der Waals surface area (Å²) in [5, 5.41) is 0. The van der Waals surface area contributed by atoms with Gasteiger partial charge in [-0.05, 0) is 65.5 Å². The fraction of sp³-hybridized carbons (Fsp3) is 1.00. The molecule has 0 bridgehead atoms. The number of hydrogen-bond acceptors (Lipinski definition) is 2. The van der Waals surface area contributed by atoms with E-state index >= 15 is 0 Å². The molecule has 2 heteroatoms. The van der Waals surface area contributed by atoms with Gasteiger partial charge in [0.15, 0.2) is 0 Å². The third kappa shape index (κ3) is 17.9. The fourth-order valence-electron chi connectivity index (χ4n) is 2.02. The van der Waals surface area contributed by atoms with Crippen molar-refractivity contribution in [1.29, 1.82) is 0 Å². The quantitative estimate of drug-likeness (QED) is 0.496. The summed E-state index contributed by atoms with van der Waals surface area (Å²) >= 11 is 0. The monoisotopic (exact) mass is 286 g/mol. The lowest BCUT2D eigenvalue weighted by Crippen LogP contribution is -2.27. The Morgan fingerprint density at radius 3 is 1.15 bits per heavy atom. The van der Waals surface area contributed by atoms with Crippen molar-refractivity contribution in [2.75, 3.05) is 39.8 Å². The van der Waals surface area contributed by atoms with Crippen LogP contribution in [0.1, 0.15) is 79.6 Å². The molecule has 0 saturated heterocycles. The maximum Gasteiger partial charge on any atom is -0.00188 e. The van der Waals surface area contributed by atoms with Gasteiger partial charge in [0.25, 0.3) is 0 Å². The zero-order chi connectivity index (χ0) is 15.6. The molecule has 20 heavy (non-hydrogen) atoms. The number of hydrogen-bond donors (Lipinski definition) is 0. The summed E-state index contributed by atoms with van der Waals surface area (Å²) < 4.78 is 0. The molecule has 0 radical (unpaired) electrons. The Hall–Kier alpha value is -0.0800. The molecule has 0 aromatic rings. The van der Waals surface area contributed by atoms with Crippen LogP contribution in [0.15, 0.2) is 0 Å². The van der Waals surface area contributed by atoms with Gasteiger partial charge in [-0.25, -0.2) is 0 Å². The largest absolute Gasteiger partial charge is 0.307 e. The maximum atomic E-state index is 2.64. The molecule has 0 aromatic heterocycles. The fourth-order valence-corrected chi connectivity index (χ4v) is 2.02. The van der Waals surface area contributed by atoms with Crippen LogP contribution in [-0.4, -0.2) is 49.6 Å². The highest BCUT2D eigenvalue weighted by atomic mass is 15.1. The first-order chi connectivity index (χ1) is 9.65. The van der Waals surface area contributed by atoms with Crippen molar-refractivity contribution in [2.45, 2.75) is 79.6 Å². The second kappa shape index (κ2) is 18.9. The molecular formula is C18H42N2. The number of unbranched alkanes of at least 4 members (excludes halogenated alkanes) is 3. The summed E-state index contributed by atoms with van der Waals surface area (Å²) in [5.41, 5.74) is 0. The van der Waals surface area contributed by atoms with Gasteiger partial charge in [-0.3, -0.25) is 0 Å².